The molecule has 2 aromatic rings. The van der Waals surface area contributed by atoms with E-state index in [0.29, 0.717) is 37.2 Å². The first-order valence-electron chi connectivity index (χ1n) is 7.91. The average molecular weight is 345 g/mol. The van der Waals surface area contributed by atoms with Crippen LogP contribution in [0.2, 0.25) is 0 Å². The second-order valence-electron chi connectivity index (χ2n) is 5.91. The molecule has 0 aliphatic heterocycles. The number of carbonyl (C=O) groups excluding carboxylic acids is 1. The molecule has 1 amide bonds. The fourth-order valence-electron chi connectivity index (χ4n) is 2.88. The summed E-state index contributed by atoms with van der Waals surface area (Å²) in [6.07, 6.45) is 1.82. The molecule has 3 rings (SSSR count). The summed E-state index contributed by atoms with van der Waals surface area (Å²) in [4.78, 5) is 24.5. The number of nitrogens with one attached hydrogen (secondary N) is 1. The standard InChI is InChI=1S/C18H19NO4S/c20-17(19-14-7-6-13(9-14)18(21)22)12-3-1-4-15(10-12)23-11-16-5-2-8-24-16/h1-5,8,10,13-14H,6-7,9,11H2,(H,19,20)(H,21,22)/t13-,14+/m0/s1. The Kier molecular flexibility index (Phi) is 5.15. The number of aliphatic carboxylic acids is 1. The van der Waals surface area contributed by atoms with Gasteiger partial charge in [-0.25, -0.2) is 0 Å². The van der Waals surface area contributed by atoms with E-state index in [1.165, 1.54) is 0 Å². The highest BCUT2D eigenvalue weighted by Gasteiger charge is 2.30. The van der Waals surface area contributed by atoms with E-state index in [1.54, 1.807) is 29.5 Å². The van der Waals surface area contributed by atoms with Crippen LogP contribution in [0.5, 0.6) is 5.75 Å². The van der Waals surface area contributed by atoms with E-state index in [1.807, 2.05) is 23.6 Å². The molecule has 0 radical (unpaired) electrons. The molecule has 1 heterocycles. The van der Waals surface area contributed by atoms with Gasteiger partial charge in [0.15, 0.2) is 0 Å². The van der Waals surface area contributed by atoms with Gasteiger partial charge in [-0.1, -0.05) is 12.1 Å². The van der Waals surface area contributed by atoms with Crippen molar-refractivity contribution < 1.29 is 19.4 Å². The van der Waals surface area contributed by atoms with E-state index in [2.05, 4.69) is 5.32 Å². The average Bonchev–Trinajstić information content (AvgIpc) is 3.25. The number of rotatable bonds is 6. The van der Waals surface area contributed by atoms with Crippen molar-refractivity contribution >= 4 is 23.2 Å². The Hall–Kier alpha value is -2.34. The molecule has 1 aromatic heterocycles. The number of ether oxygens (including phenoxy) is 1. The molecule has 1 saturated carbocycles. The zero-order chi connectivity index (χ0) is 16.9. The van der Waals surface area contributed by atoms with Crippen molar-refractivity contribution in [2.45, 2.75) is 31.9 Å². The molecular formula is C18H19NO4S. The molecule has 0 saturated heterocycles. The zero-order valence-electron chi connectivity index (χ0n) is 13.1. The Morgan fingerprint density at radius 1 is 1.25 bits per heavy atom. The van der Waals surface area contributed by atoms with Gasteiger partial charge in [0.25, 0.3) is 5.91 Å². The largest absolute Gasteiger partial charge is 0.488 e. The van der Waals surface area contributed by atoms with Gasteiger partial charge in [0.2, 0.25) is 0 Å². The van der Waals surface area contributed by atoms with E-state index in [-0.39, 0.29) is 17.9 Å². The minimum Gasteiger partial charge on any atom is -0.488 e. The number of amides is 1. The quantitative estimate of drug-likeness (QED) is 0.842. The van der Waals surface area contributed by atoms with Crippen molar-refractivity contribution in [3.63, 3.8) is 0 Å². The molecule has 24 heavy (non-hydrogen) atoms. The van der Waals surface area contributed by atoms with Gasteiger partial charge in [-0.15, -0.1) is 11.3 Å². The number of carbonyl (C=O) groups is 2. The highest BCUT2D eigenvalue weighted by molar-refractivity contribution is 7.09. The molecule has 2 N–H and O–H groups in total. The lowest BCUT2D eigenvalue weighted by molar-refractivity contribution is -0.141. The minimum atomic E-state index is -0.782. The lowest BCUT2D eigenvalue weighted by Gasteiger charge is -2.13. The van der Waals surface area contributed by atoms with Gasteiger partial charge in [0.05, 0.1) is 5.92 Å². The van der Waals surface area contributed by atoms with Gasteiger partial charge < -0.3 is 15.2 Å². The molecule has 5 nitrogen and oxygen atoms in total. The first-order chi connectivity index (χ1) is 11.6. The van der Waals surface area contributed by atoms with Crippen LogP contribution in [0.4, 0.5) is 0 Å². The highest BCUT2D eigenvalue weighted by Crippen LogP contribution is 2.26. The summed E-state index contributed by atoms with van der Waals surface area (Å²) < 4.78 is 5.71. The van der Waals surface area contributed by atoms with Crippen molar-refractivity contribution in [2.24, 2.45) is 5.92 Å². The van der Waals surface area contributed by atoms with E-state index >= 15 is 0 Å². The van der Waals surface area contributed by atoms with E-state index in [4.69, 9.17) is 9.84 Å². The number of hydrogen-bond donors (Lipinski definition) is 2. The monoisotopic (exact) mass is 345 g/mol. The van der Waals surface area contributed by atoms with Crippen LogP contribution in [0.1, 0.15) is 34.5 Å². The van der Waals surface area contributed by atoms with E-state index < -0.39 is 5.97 Å². The van der Waals surface area contributed by atoms with Crippen LogP contribution in [0.25, 0.3) is 0 Å². The molecule has 1 aliphatic carbocycles. The molecule has 0 bridgehead atoms. The Morgan fingerprint density at radius 3 is 2.83 bits per heavy atom. The molecule has 1 aliphatic rings. The van der Waals surface area contributed by atoms with Gasteiger partial charge in [0, 0.05) is 16.5 Å². The number of benzene rings is 1. The topological polar surface area (TPSA) is 75.6 Å². The van der Waals surface area contributed by atoms with Gasteiger partial charge >= 0.3 is 5.97 Å². The van der Waals surface area contributed by atoms with E-state index in [0.717, 1.165) is 4.88 Å². The van der Waals surface area contributed by atoms with Crippen molar-refractivity contribution in [2.75, 3.05) is 0 Å². The van der Waals surface area contributed by atoms with Gasteiger partial charge in [-0.3, -0.25) is 9.59 Å². The van der Waals surface area contributed by atoms with Crippen molar-refractivity contribution in [1.29, 1.82) is 0 Å². The predicted molar refractivity (Wildman–Crippen MR) is 91.3 cm³/mol. The molecule has 126 valence electrons. The second kappa shape index (κ2) is 7.49. The molecule has 6 heteroatoms. The highest BCUT2D eigenvalue weighted by atomic mass is 32.1. The Morgan fingerprint density at radius 2 is 2.12 bits per heavy atom. The van der Waals surface area contributed by atoms with Crippen LogP contribution in [0.15, 0.2) is 41.8 Å². The fourth-order valence-corrected chi connectivity index (χ4v) is 3.50. The van der Waals surface area contributed by atoms with Crippen LogP contribution in [-0.2, 0) is 11.4 Å². The number of thiophene rings is 1. The Labute approximate surface area is 144 Å². The van der Waals surface area contributed by atoms with Crippen LogP contribution < -0.4 is 10.1 Å². The van der Waals surface area contributed by atoms with Crippen molar-refractivity contribution in [3.8, 4) is 5.75 Å². The summed E-state index contributed by atoms with van der Waals surface area (Å²) in [5.41, 5.74) is 0.525. The fraction of sp³-hybridized carbons (Fsp3) is 0.333. The maximum atomic E-state index is 12.4. The van der Waals surface area contributed by atoms with Crippen LogP contribution in [0, 0.1) is 5.92 Å². The summed E-state index contributed by atoms with van der Waals surface area (Å²) in [5.74, 6) is -0.676. The zero-order valence-corrected chi connectivity index (χ0v) is 13.9. The molecule has 0 unspecified atom stereocenters. The normalized spacial score (nSPS) is 19.8. The summed E-state index contributed by atoms with van der Waals surface area (Å²) >= 11 is 1.62. The molecule has 2 atom stereocenters. The number of carboxylic acids is 1. The second-order valence-corrected chi connectivity index (χ2v) is 6.95. The summed E-state index contributed by atoms with van der Waals surface area (Å²) in [6, 6.07) is 10.9. The van der Waals surface area contributed by atoms with Crippen LogP contribution >= 0.6 is 11.3 Å². The summed E-state index contributed by atoms with van der Waals surface area (Å²) in [5, 5.41) is 13.9. The third kappa shape index (κ3) is 4.14. The van der Waals surface area contributed by atoms with Gasteiger partial charge in [-0.05, 0) is 48.9 Å². The maximum Gasteiger partial charge on any atom is 0.306 e. The number of carboxylic acid groups (broad SMARTS) is 1. The van der Waals surface area contributed by atoms with Crippen molar-refractivity contribution in [1.82, 2.24) is 5.32 Å². The minimum absolute atomic E-state index is 0.0747. The third-order valence-electron chi connectivity index (χ3n) is 4.17. The van der Waals surface area contributed by atoms with Crippen molar-refractivity contribution in [3.05, 3.63) is 52.2 Å². The van der Waals surface area contributed by atoms with Gasteiger partial charge in [-0.2, -0.15) is 0 Å². The van der Waals surface area contributed by atoms with Crippen LogP contribution in [-0.4, -0.2) is 23.0 Å². The molecule has 0 spiro atoms. The first kappa shape index (κ1) is 16.5. The van der Waals surface area contributed by atoms with E-state index in [9.17, 15) is 9.59 Å². The van der Waals surface area contributed by atoms with Crippen LogP contribution in [0.3, 0.4) is 0 Å². The lowest BCUT2D eigenvalue weighted by atomic mass is 10.1. The predicted octanol–water partition coefficient (Wildman–Crippen LogP) is 3.31. The van der Waals surface area contributed by atoms with Gasteiger partial charge in [0.1, 0.15) is 12.4 Å². The maximum absolute atomic E-state index is 12.4. The lowest BCUT2D eigenvalue weighted by Crippen LogP contribution is -2.33. The molecule has 1 fully saturated rings. The summed E-state index contributed by atoms with van der Waals surface area (Å²) in [6.45, 7) is 0.478. The SMILES string of the molecule is O=C(N[C@@H]1CC[C@H](C(=O)O)C1)c1cccc(OCc2cccs2)c1. The smallest absolute Gasteiger partial charge is 0.306 e. The molecule has 1 aromatic carbocycles. The Bertz CT molecular complexity index is 714. The molecular weight excluding hydrogens is 326 g/mol. The Balaban J connectivity index is 1.57. The summed E-state index contributed by atoms with van der Waals surface area (Å²) in [7, 11) is 0. The third-order valence-corrected chi connectivity index (χ3v) is 5.02. The number of hydrogen-bond acceptors (Lipinski definition) is 4. The first-order valence-corrected chi connectivity index (χ1v) is 8.78.